The number of imidazole rings is 1. The lowest BCUT2D eigenvalue weighted by atomic mass is 10.0. The third-order valence-corrected chi connectivity index (χ3v) is 6.02. The monoisotopic (exact) mass is 536 g/mol. The van der Waals surface area contributed by atoms with Gasteiger partial charge in [0.25, 0.3) is 0 Å². The van der Waals surface area contributed by atoms with Crippen molar-refractivity contribution >= 4 is 35.5 Å². The first-order valence-corrected chi connectivity index (χ1v) is 12.8. The molecule has 2 rings (SSSR count). The number of aliphatic hydroxyl groups excluding tert-OH is 1. The van der Waals surface area contributed by atoms with Gasteiger partial charge in [0, 0.05) is 24.7 Å². The molecule has 1 heterocycles. The second-order valence-electron chi connectivity index (χ2n) is 8.24. The highest BCUT2D eigenvalue weighted by molar-refractivity contribution is 7.98. The van der Waals surface area contributed by atoms with Crippen LogP contribution in [0.15, 0.2) is 36.8 Å². The van der Waals surface area contributed by atoms with Crippen molar-refractivity contribution in [2.45, 2.75) is 43.4 Å². The molecule has 202 valence electrons. The van der Waals surface area contributed by atoms with Crippen molar-refractivity contribution in [1.82, 2.24) is 25.9 Å². The number of carboxylic acid groups (broad SMARTS) is 1. The molecule has 9 N–H and O–H groups in total. The van der Waals surface area contributed by atoms with Crippen LogP contribution in [0, 0.1) is 0 Å². The summed E-state index contributed by atoms with van der Waals surface area (Å²) in [6.07, 6.45) is 4.83. The molecule has 0 spiro atoms. The SMILES string of the molecule is CSCCC(NC(=O)C(N)CO)C(=O)NC(Cc1cnc[nH]1)C(=O)NC(Cc1ccc(O)cc1)C(=O)O. The number of nitrogens with two attached hydrogens (primary N) is 1. The average molecular weight is 537 g/mol. The molecule has 0 radical (unpaired) electrons. The van der Waals surface area contributed by atoms with E-state index in [1.807, 2.05) is 6.26 Å². The number of amides is 3. The van der Waals surface area contributed by atoms with Crippen molar-refractivity contribution in [1.29, 1.82) is 0 Å². The van der Waals surface area contributed by atoms with Crippen molar-refractivity contribution in [3.8, 4) is 5.75 Å². The number of thioether (sulfide) groups is 1. The molecule has 0 bridgehead atoms. The number of aliphatic hydroxyl groups is 1. The number of hydrogen-bond donors (Lipinski definition) is 8. The summed E-state index contributed by atoms with van der Waals surface area (Å²) < 4.78 is 0. The Kier molecular flexibility index (Phi) is 11.9. The van der Waals surface area contributed by atoms with E-state index < -0.39 is 54.5 Å². The maximum Gasteiger partial charge on any atom is 0.326 e. The number of phenolic OH excluding ortho intramolecular Hbond substituents is 1. The predicted molar refractivity (Wildman–Crippen MR) is 136 cm³/mol. The first kappa shape index (κ1) is 29.6. The summed E-state index contributed by atoms with van der Waals surface area (Å²) in [6, 6.07) is 1.12. The fraction of sp³-hybridized carbons (Fsp3) is 0.435. The molecule has 0 fully saturated rings. The summed E-state index contributed by atoms with van der Waals surface area (Å²) in [5.41, 5.74) is 6.63. The van der Waals surface area contributed by atoms with E-state index in [4.69, 9.17) is 10.8 Å². The minimum absolute atomic E-state index is 0.0186. The quantitative estimate of drug-likeness (QED) is 0.132. The largest absolute Gasteiger partial charge is 0.508 e. The maximum atomic E-state index is 13.2. The van der Waals surface area contributed by atoms with E-state index in [1.54, 1.807) is 0 Å². The van der Waals surface area contributed by atoms with Crippen molar-refractivity contribution in [2.24, 2.45) is 5.73 Å². The van der Waals surface area contributed by atoms with Gasteiger partial charge >= 0.3 is 5.97 Å². The van der Waals surface area contributed by atoms with Gasteiger partial charge in [-0.05, 0) is 36.1 Å². The molecule has 1 aromatic heterocycles. The number of rotatable bonds is 15. The fourth-order valence-corrected chi connectivity index (χ4v) is 3.78. The topological polar surface area (TPSA) is 220 Å². The van der Waals surface area contributed by atoms with E-state index in [9.17, 15) is 29.4 Å². The maximum absolute atomic E-state index is 13.2. The Labute approximate surface area is 217 Å². The fourth-order valence-electron chi connectivity index (χ4n) is 3.30. The van der Waals surface area contributed by atoms with Crippen LogP contribution in [-0.4, -0.2) is 91.8 Å². The third kappa shape index (κ3) is 9.74. The summed E-state index contributed by atoms with van der Waals surface area (Å²) in [4.78, 5) is 57.0. The lowest BCUT2D eigenvalue weighted by Crippen LogP contribution is -2.58. The van der Waals surface area contributed by atoms with Gasteiger partial charge in [0.1, 0.15) is 29.9 Å². The van der Waals surface area contributed by atoms with Crippen molar-refractivity contribution in [3.63, 3.8) is 0 Å². The van der Waals surface area contributed by atoms with Crippen molar-refractivity contribution < 1.29 is 34.5 Å². The number of hydrogen-bond acceptors (Lipinski definition) is 9. The number of aromatic amines is 1. The molecule has 13 nitrogen and oxygen atoms in total. The van der Waals surface area contributed by atoms with E-state index in [0.717, 1.165) is 0 Å². The highest BCUT2D eigenvalue weighted by atomic mass is 32.2. The van der Waals surface area contributed by atoms with Gasteiger partial charge < -0.3 is 42.0 Å². The van der Waals surface area contributed by atoms with E-state index >= 15 is 0 Å². The standard InChI is InChI=1S/C23H32N6O7S/c1-37-7-6-17(27-20(32)16(24)11-30)21(33)28-18(9-14-10-25-12-26-14)22(34)29-19(23(35)36)8-13-2-4-15(31)5-3-13/h2-5,10,12,16-19,30-31H,6-9,11,24H2,1H3,(H,25,26)(H,27,32)(H,28,33)(H,29,34)(H,35,36). The molecule has 1 aromatic carbocycles. The van der Waals surface area contributed by atoms with Crippen LogP contribution in [0.4, 0.5) is 0 Å². The van der Waals surface area contributed by atoms with Gasteiger partial charge in [-0.15, -0.1) is 0 Å². The van der Waals surface area contributed by atoms with Gasteiger partial charge in [-0.2, -0.15) is 11.8 Å². The first-order chi connectivity index (χ1) is 17.6. The summed E-state index contributed by atoms with van der Waals surface area (Å²) in [6.45, 7) is -0.606. The Morgan fingerprint density at radius 2 is 1.62 bits per heavy atom. The Morgan fingerprint density at radius 1 is 1.00 bits per heavy atom. The number of benzene rings is 1. The zero-order valence-electron chi connectivity index (χ0n) is 20.2. The van der Waals surface area contributed by atoms with Crippen molar-refractivity contribution in [3.05, 3.63) is 48.0 Å². The van der Waals surface area contributed by atoms with Crippen LogP contribution < -0.4 is 21.7 Å². The molecule has 14 heteroatoms. The van der Waals surface area contributed by atoms with E-state index in [-0.39, 0.29) is 25.0 Å². The lowest BCUT2D eigenvalue weighted by Gasteiger charge is -2.25. The molecular weight excluding hydrogens is 504 g/mol. The Morgan fingerprint density at radius 3 is 2.19 bits per heavy atom. The minimum Gasteiger partial charge on any atom is -0.508 e. The number of aliphatic carboxylic acids is 1. The Balaban J connectivity index is 2.19. The number of nitrogens with zero attached hydrogens (tertiary/aromatic N) is 1. The molecule has 4 atom stereocenters. The van der Waals surface area contributed by atoms with E-state index in [1.165, 1.54) is 48.6 Å². The zero-order chi connectivity index (χ0) is 27.4. The number of phenols is 1. The highest BCUT2D eigenvalue weighted by Crippen LogP contribution is 2.12. The van der Waals surface area contributed by atoms with Gasteiger partial charge in [-0.1, -0.05) is 12.1 Å². The predicted octanol–water partition coefficient (Wildman–Crippen LogP) is -1.49. The molecule has 0 saturated heterocycles. The number of aromatic hydroxyl groups is 1. The number of aromatic nitrogens is 2. The molecule has 0 aliphatic rings. The van der Waals surface area contributed by atoms with Crippen LogP contribution in [0.5, 0.6) is 5.75 Å². The van der Waals surface area contributed by atoms with Crippen molar-refractivity contribution in [2.75, 3.05) is 18.6 Å². The van der Waals surface area contributed by atoms with Crippen LogP contribution in [0.2, 0.25) is 0 Å². The zero-order valence-corrected chi connectivity index (χ0v) is 21.0. The van der Waals surface area contributed by atoms with Crippen LogP contribution in [0.25, 0.3) is 0 Å². The molecular formula is C23H32N6O7S. The number of H-pyrrole nitrogens is 1. The highest BCUT2D eigenvalue weighted by Gasteiger charge is 2.30. The van der Waals surface area contributed by atoms with Gasteiger partial charge in [0.05, 0.1) is 12.9 Å². The second-order valence-corrected chi connectivity index (χ2v) is 9.23. The van der Waals surface area contributed by atoms with Crippen LogP contribution in [0.1, 0.15) is 17.7 Å². The average Bonchev–Trinajstić information content (AvgIpc) is 3.39. The number of nitrogens with one attached hydrogen (secondary N) is 4. The number of carboxylic acids is 1. The number of carbonyl (C=O) groups excluding carboxylic acids is 3. The van der Waals surface area contributed by atoms with Gasteiger partial charge in [-0.3, -0.25) is 14.4 Å². The number of carbonyl (C=O) groups is 4. The summed E-state index contributed by atoms with van der Waals surface area (Å²) in [5.74, 6) is -2.90. The molecule has 4 unspecified atom stereocenters. The molecule has 0 saturated carbocycles. The van der Waals surface area contributed by atoms with Crippen LogP contribution in [0.3, 0.4) is 0 Å². The van der Waals surface area contributed by atoms with Gasteiger partial charge in [0.2, 0.25) is 17.7 Å². The smallest absolute Gasteiger partial charge is 0.326 e. The van der Waals surface area contributed by atoms with E-state index in [2.05, 4.69) is 25.9 Å². The first-order valence-electron chi connectivity index (χ1n) is 11.4. The molecule has 37 heavy (non-hydrogen) atoms. The summed E-state index contributed by atoms with van der Waals surface area (Å²) in [7, 11) is 0. The summed E-state index contributed by atoms with van der Waals surface area (Å²) in [5, 5.41) is 35.8. The lowest BCUT2D eigenvalue weighted by molar-refractivity contribution is -0.142. The second kappa shape index (κ2) is 14.8. The van der Waals surface area contributed by atoms with Crippen LogP contribution >= 0.6 is 11.8 Å². The Bertz CT molecular complexity index is 1030. The third-order valence-electron chi connectivity index (χ3n) is 5.38. The van der Waals surface area contributed by atoms with E-state index in [0.29, 0.717) is 17.0 Å². The normalized spacial score (nSPS) is 14.1. The molecule has 0 aliphatic carbocycles. The van der Waals surface area contributed by atoms with Crippen LogP contribution in [-0.2, 0) is 32.0 Å². The van der Waals surface area contributed by atoms with Gasteiger partial charge in [-0.25, -0.2) is 9.78 Å². The molecule has 2 aromatic rings. The van der Waals surface area contributed by atoms with Gasteiger partial charge in [0.15, 0.2) is 0 Å². The Hall–Kier alpha value is -3.62. The molecule has 0 aliphatic heterocycles. The minimum atomic E-state index is -1.31. The summed E-state index contributed by atoms with van der Waals surface area (Å²) >= 11 is 1.45. The molecule has 3 amide bonds.